The highest BCUT2D eigenvalue weighted by atomic mass is 15.2. The van der Waals surface area contributed by atoms with E-state index in [-0.39, 0.29) is 17.0 Å². The van der Waals surface area contributed by atoms with E-state index in [2.05, 4.69) is 133 Å². The zero-order chi connectivity index (χ0) is 35.7. The van der Waals surface area contributed by atoms with E-state index in [0.717, 1.165) is 28.4 Å². The molecule has 5 aliphatic carbocycles. The summed E-state index contributed by atoms with van der Waals surface area (Å²) in [6.45, 7) is 0. The van der Waals surface area contributed by atoms with Crippen LogP contribution in [0.5, 0.6) is 0 Å². The summed E-state index contributed by atoms with van der Waals surface area (Å²) in [5, 5.41) is 3.52. The Hall–Kier alpha value is -5.28. The first-order valence-corrected chi connectivity index (χ1v) is 20.5. The second-order valence-corrected chi connectivity index (χ2v) is 16.7. The van der Waals surface area contributed by atoms with Crippen molar-refractivity contribution in [2.45, 2.75) is 87.1 Å². The SMILES string of the molecule is C1=C2C(=CC3c4ccccc4C4(CCCCC4)C13)C1(CCCCC1)c1ccc(-c3ccc(C4N=C(c5ccccc5)NC(c5ccccc5)=N4)cc3)cc12. The molecule has 11 rings (SSSR count). The van der Waals surface area contributed by atoms with Crippen molar-refractivity contribution >= 4 is 17.2 Å². The third kappa shape index (κ3) is 4.93. The van der Waals surface area contributed by atoms with Crippen LogP contribution < -0.4 is 5.32 Å². The molecule has 5 aromatic rings. The molecule has 3 heteroatoms. The number of nitrogens with one attached hydrogen (secondary N) is 1. The summed E-state index contributed by atoms with van der Waals surface area (Å²) in [6.07, 6.45) is 18.6. The van der Waals surface area contributed by atoms with Gasteiger partial charge in [-0.2, -0.15) is 0 Å². The van der Waals surface area contributed by atoms with Crippen LogP contribution in [0.1, 0.15) is 115 Å². The van der Waals surface area contributed by atoms with E-state index in [1.165, 1.54) is 80.9 Å². The Morgan fingerprint density at radius 3 is 1.81 bits per heavy atom. The van der Waals surface area contributed by atoms with Crippen LogP contribution >= 0.6 is 0 Å². The van der Waals surface area contributed by atoms with Crippen LogP contribution in [0.2, 0.25) is 0 Å². The van der Waals surface area contributed by atoms with Crippen LogP contribution in [-0.2, 0) is 10.8 Å². The molecule has 1 N–H and O–H groups in total. The molecule has 1 heterocycles. The lowest BCUT2D eigenvalue weighted by atomic mass is 9.61. The summed E-state index contributed by atoms with van der Waals surface area (Å²) >= 11 is 0. The van der Waals surface area contributed by atoms with Crippen LogP contribution in [0.3, 0.4) is 0 Å². The van der Waals surface area contributed by atoms with Crippen LogP contribution in [0.4, 0.5) is 0 Å². The molecular formula is C51H47N3. The monoisotopic (exact) mass is 701 g/mol. The number of aliphatic imine (C=N–C) groups is 2. The Kier molecular flexibility index (Phi) is 7.54. The number of benzene rings is 5. The number of allylic oxidation sites excluding steroid dienone is 4. The van der Waals surface area contributed by atoms with Crippen molar-refractivity contribution in [2.75, 3.05) is 0 Å². The molecule has 0 bridgehead atoms. The lowest BCUT2D eigenvalue weighted by Gasteiger charge is -2.43. The summed E-state index contributed by atoms with van der Waals surface area (Å²) in [6, 6.07) is 46.8. The number of hydrogen-bond acceptors (Lipinski definition) is 3. The van der Waals surface area contributed by atoms with Crippen molar-refractivity contribution in [3.63, 3.8) is 0 Å². The fourth-order valence-corrected chi connectivity index (χ4v) is 11.5. The number of fused-ring (bicyclic) bond motifs is 10. The van der Waals surface area contributed by atoms with Gasteiger partial charge in [-0.1, -0.05) is 172 Å². The second-order valence-electron chi connectivity index (χ2n) is 16.7. The minimum absolute atomic E-state index is 0.155. The predicted octanol–water partition coefficient (Wildman–Crippen LogP) is 12.0. The molecule has 0 aromatic heterocycles. The van der Waals surface area contributed by atoms with E-state index < -0.39 is 0 Å². The average molecular weight is 702 g/mol. The first-order chi connectivity index (χ1) is 26.7. The standard InChI is InChI=1S/C51H47N3/c1-5-15-35(16-6-1)47-52-48(36-17-7-2-8-18-36)54-49(53-47)37-23-21-34(22-24-37)38-25-26-44-40(31-38)42-33-45-41(32-46(42)51(44)29-13-4-14-30-51)39-19-9-10-20-43(39)50(45)27-11-3-12-28-50/h1-2,5-10,15-26,31-33,41,45,49H,3-4,11-14,27-30H2,(H,52,53,54). The van der Waals surface area contributed by atoms with E-state index in [1.807, 2.05) is 12.1 Å². The minimum atomic E-state index is -0.326. The molecule has 3 nitrogen and oxygen atoms in total. The molecule has 0 saturated heterocycles. The Morgan fingerprint density at radius 2 is 1.13 bits per heavy atom. The first kappa shape index (κ1) is 32.2. The van der Waals surface area contributed by atoms with Gasteiger partial charge in [0.15, 0.2) is 6.17 Å². The number of hydrogen-bond donors (Lipinski definition) is 1. The van der Waals surface area contributed by atoms with Crippen molar-refractivity contribution in [1.29, 1.82) is 0 Å². The molecule has 266 valence electrons. The predicted molar refractivity (Wildman–Crippen MR) is 222 cm³/mol. The van der Waals surface area contributed by atoms with E-state index in [0.29, 0.717) is 11.8 Å². The first-order valence-electron chi connectivity index (χ1n) is 20.5. The van der Waals surface area contributed by atoms with Gasteiger partial charge in [-0.3, -0.25) is 0 Å². The molecule has 5 aromatic carbocycles. The van der Waals surface area contributed by atoms with E-state index in [9.17, 15) is 0 Å². The lowest BCUT2D eigenvalue weighted by Crippen LogP contribution is -2.35. The molecule has 2 unspecified atom stereocenters. The maximum atomic E-state index is 5.12. The summed E-state index contributed by atoms with van der Waals surface area (Å²) in [4.78, 5) is 10.2. The number of nitrogens with zero attached hydrogens (tertiary/aromatic N) is 2. The Bertz CT molecular complexity index is 2310. The smallest absolute Gasteiger partial charge is 0.169 e. The van der Waals surface area contributed by atoms with E-state index in [1.54, 1.807) is 27.8 Å². The minimum Gasteiger partial charge on any atom is -0.324 e. The average Bonchev–Trinajstić information content (AvgIpc) is 3.66. The third-order valence-electron chi connectivity index (χ3n) is 14.0. The van der Waals surface area contributed by atoms with Crippen LogP contribution in [0.15, 0.2) is 155 Å². The van der Waals surface area contributed by atoms with Gasteiger partial charge >= 0.3 is 0 Å². The summed E-state index contributed by atoms with van der Waals surface area (Å²) in [5.74, 6) is 2.75. The topological polar surface area (TPSA) is 36.8 Å². The molecule has 2 saturated carbocycles. The second kappa shape index (κ2) is 12.7. The van der Waals surface area contributed by atoms with Crippen molar-refractivity contribution < 1.29 is 0 Å². The highest BCUT2D eigenvalue weighted by Crippen LogP contribution is 2.65. The van der Waals surface area contributed by atoms with Crippen molar-refractivity contribution in [1.82, 2.24) is 5.32 Å². The third-order valence-corrected chi connectivity index (χ3v) is 14.0. The van der Waals surface area contributed by atoms with Gasteiger partial charge in [0.2, 0.25) is 0 Å². The summed E-state index contributed by atoms with van der Waals surface area (Å²) < 4.78 is 0. The van der Waals surface area contributed by atoms with Gasteiger partial charge < -0.3 is 5.32 Å². The van der Waals surface area contributed by atoms with Gasteiger partial charge in [-0.25, -0.2) is 9.98 Å². The van der Waals surface area contributed by atoms with Crippen LogP contribution in [-0.4, -0.2) is 11.7 Å². The molecule has 6 aliphatic rings. The van der Waals surface area contributed by atoms with Gasteiger partial charge in [0.05, 0.1) is 0 Å². The van der Waals surface area contributed by atoms with Gasteiger partial charge in [-0.15, -0.1) is 0 Å². The van der Waals surface area contributed by atoms with Crippen molar-refractivity contribution in [2.24, 2.45) is 15.9 Å². The largest absolute Gasteiger partial charge is 0.324 e. The van der Waals surface area contributed by atoms with Gasteiger partial charge in [0, 0.05) is 27.9 Å². The zero-order valence-electron chi connectivity index (χ0n) is 31.0. The lowest BCUT2D eigenvalue weighted by molar-refractivity contribution is 0.232. The molecule has 2 spiro atoms. The summed E-state index contributed by atoms with van der Waals surface area (Å²) in [7, 11) is 0. The molecule has 2 fully saturated rings. The fraction of sp³-hybridized carbons (Fsp3) is 0.294. The molecule has 54 heavy (non-hydrogen) atoms. The van der Waals surface area contributed by atoms with E-state index in [4.69, 9.17) is 9.98 Å². The highest BCUT2D eigenvalue weighted by molar-refractivity contribution is 6.15. The Balaban J connectivity index is 0.977. The quantitative estimate of drug-likeness (QED) is 0.199. The number of rotatable bonds is 4. The zero-order valence-corrected chi connectivity index (χ0v) is 31.0. The van der Waals surface area contributed by atoms with Crippen molar-refractivity contribution in [3.05, 3.63) is 184 Å². The Morgan fingerprint density at radius 1 is 0.519 bits per heavy atom. The van der Waals surface area contributed by atoms with Crippen LogP contribution in [0, 0.1) is 5.92 Å². The molecule has 0 amide bonds. The van der Waals surface area contributed by atoms with Crippen LogP contribution in [0.25, 0.3) is 16.7 Å². The molecular weight excluding hydrogens is 655 g/mol. The van der Waals surface area contributed by atoms with Gasteiger partial charge in [0.25, 0.3) is 0 Å². The van der Waals surface area contributed by atoms with Gasteiger partial charge in [0.1, 0.15) is 11.7 Å². The number of amidine groups is 2. The maximum absolute atomic E-state index is 5.12. The fourth-order valence-electron chi connectivity index (χ4n) is 11.5. The van der Waals surface area contributed by atoms with E-state index >= 15 is 0 Å². The molecule has 0 radical (unpaired) electrons. The van der Waals surface area contributed by atoms with Gasteiger partial charge in [-0.05, 0) is 87.8 Å². The maximum Gasteiger partial charge on any atom is 0.169 e. The van der Waals surface area contributed by atoms with Crippen molar-refractivity contribution in [3.8, 4) is 11.1 Å². The molecule has 1 aliphatic heterocycles. The highest BCUT2D eigenvalue weighted by Gasteiger charge is 2.55. The normalized spacial score (nSPS) is 23.3. The summed E-state index contributed by atoms with van der Waals surface area (Å²) in [5.41, 5.74) is 15.8. The Labute approximate surface area is 319 Å². The molecule has 2 atom stereocenters.